The molecule has 0 radical (unpaired) electrons. The first-order valence-corrected chi connectivity index (χ1v) is 10.1. The number of rotatable bonds is 5. The van der Waals surface area contributed by atoms with Crippen LogP contribution in [0.15, 0.2) is 48.9 Å². The SMILES string of the molecule is CC.CSNc1ncc(-c2nccnc2Oc2ccc(C(F)(F)F)cc2)cc1Cl. The maximum atomic E-state index is 12.7. The highest BCUT2D eigenvalue weighted by molar-refractivity contribution is 7.99. The second-order valence-electron chi connectivity index (χ2n) is 5.19. The Labute approximate surface area is 175 Å². The van der Waals surface area contributed by atoms with Crippen LogP contribution in [0, 0.1) is 0 Å². The number of pyridine rings is 1. The summed E-state index contributed by atoms with van der Waals surface area (Å²) in [6, 6.07) is 5.96. The molecule has 0 aliphatic carbocycles. The van der Waals surface area contributed by atoms with Gasteiger partial charge in [-0.25, -0.2) is 15.0 Å². The lowest BCUT2D eigenvalue weighted by molar-refractivity contribution is -0.137. The summed E-state index contributed by atoms with van der Waals surface area (Å²) in [5.74, 6) is 0.826. The Balaban J connectivity index is 0.00000145. The second-order valence-corrected chi connectivity index (χ2v) is 6.21. The summed E-state index contributed by atoms with van der Waals surface area (Å²) in [7, 11) is 0. The lowest BCUT2D eigenvalue weighted by Crippen LogP contribution is -2.04. The first-order valence-electron chi connectivity index (χ1n) is 8.49. The van der Waals surface area contributed by atoms with E-state index in [0.717, 1.165) is 12.1 Å². The van der Waals surface area contributed by atoms with Crippen LogP contribution in [-0.4, -0.2) is 21.2 Å². The average Bonchev–Trinajstić information content (AvgIpc) is 2.71. The van der Waals surface area contributed by atoms with Crippen molar-refractivity contribution < 1.29 is 17.9 Å². The Hall–Kier alpha value is -2.52. The molecule has 2 aromatic heterocycles. The zero-order valence-electron chi connectivity index (χ0n) is 15.8. The normalized spacial score (nSPS) is 10.7. The topological polar surface area (TPSA) is 59.9 Å². The van der Waals surface area contributed by atoms with Gasteiger partial charge < -0.3 is 9.46 Å². The number of hydrogen-bond acceptors (Lipinski definition) is 6. The molecule has 0 aliphatic heterocycles. The summed E-state index contributed by atoms with van der Waals surface area (Å²) in [6.07, 6.45) is 1.86. The van der Waals surface area contributed by atoms with Gasteiger partial charge in [-0.2, -0.15) is 13.2 Å². The summed E-state index contributed by atoms with van der Waals surface area (Å²) in [5, 5.41) is 0.382. The number of halogens is 4. The van der Waals surface area contributed by atoms with Crippen LogP contribution < -0.4 is 9.46 Å². The fourth-order valence-electron chi connectivity index (χ4n) is 2.16. The maximum absolute atomic E-state index is 12.7. The number of ether oxygens (including phenoxy) is 1. The van der Waals surface area contributed by atoms with E-state index in [0.29, 0.717) is 22.1 Å². The Morgan fingerprint density at radius 3 is 2.28 bits per heavy atom. The fourth-order valence-corrected chi connectivity index (χ4v) is 2.79. The van der Waals surface area contributed by atoms with Gasteiger partial charge in [-0.3, -0.25) is 0 Å². The number of anilines is 1. The predicted molar refractivity (Wildman–Crippen MR) is 110 cm³/mol. The van der Waals surface area contributed by atoms with Crippen molar-refractivity contribution in [1.82, 2.24) is 15.0 Å². The first kappa shape index (κ1) is 22.8. The Morgan fingerprint density at radius 2 is 1.69 bits per heavy atom. The molecule has 5 nitrogen and oxygen atoms in total. The number of hydrogen-bond donors (Lipinski definition) is 1. The smallest absolute Gasteiger partial charge is 0.416 e. The summed E-state index contributed by atoms with van der Waals surface area (Å²) < 4.78 is 46.6. The van der Waals surface area contributed by atoms with Gasteiger partial charge in [-0.1, -0.05) is 37.4 Å². The quantitative estimate of drug-likeness (QED) is 0.442. The van der Waals surface area contributed by atoms with Gasteiger partial charge in [0.15, 0.2) is 5.82 Å². The van der Waals surface area contributed by atoms with Crippen molar-refractivity contribution >= 4 is 29.4 Å². The molecule has 154 valence electrons. The van der Waals surface area contributed by atoms with Gasteiger partial charge in [0.25, 0.3) is 0 Å². The molecule has 10 heteroatoms. The van der Waals surface area contributed by atoms with Crippen LogP contribution in [0.2, 0.25) is 5.02 Å². The van der Waals surface area contributed by atoms with Crippen molar-refractivity contribution in [2.75, 3.05) is 11.0 Å². The van der Waals surface area contributed by atoms with Crippen LogP contribution in [0.3, 0.4) is 0 Å². The van der Waals surface area contributed by atoms with E-state index in [9.17, 15) is 13.2 Å². The molecular formula is C19H18ClF3N4OS. The van der Waals surface area contributed by atoms with E-state index in [2.05, 4.69) is 19.7 Å². The highest BCUT2D eigenvalue weighted by atomic mass is 35.5. The second kappa shape index (κ2) is 10.3. The zero-order valence-corrected chi connectivity index (χ0v) is 17.4. The molecular weight excluding hydrogens is 425 g/mol. The molecule has 0 amide bonds. The zero-order chi connectivity index (χ0) is 21.4. The third-order valence-corrected chi connectivity index (χ3v) is 4.06. The number of alkyl halides is 3. The summed E-state index contributed by atoms with van der Waals surface area (Å²) in [4.78, 5) is 12.6. The van der Waals surface area contributed by atoms with Gasteiger partial charge in [-0.15, -0.1) is 0 Å². The molecule has 1 N–H and O–H groups in total. The number of aromatic nitrogens is 3. The van der Waals surface area contributed by atoms with Crippen LogP contribution in [0.4, 0.5) is 19.0 Å². The van der Waals surface area contributed by atoms with Crippen molar-refractivity contribution in [1.29, 1.82) is 0 Å². The minimum absolute atomic E-state index is 0.126. The lowest BCUT2D eigenvalue weighted by Gasteiger charge is -2.11. The van der Waals surface area contributed by atoms with Crippen molar-refractivity contribution in [3.8, 4) is 22.9 Å². The van der Waals surface area contributed by atoms with Crippen molar-refractivity contribution in [2.45, 2.75) is 20.0 Å². The molecule has 0 unspecified atom stereocenters. The molecule has 3 rings (SSSR count). The Kier molecular flexibility index (Phi) is 8.10. The molecule has 0 fully saturated rings. The lowest BCUT2D eigenvalue weighted by atomic mass is 10.2. The molecule has 2 heterocycles. The third-order valence-electron chi connectivity index (χ3n) is 3.37. The molecule has 0 spiro atoms. The monoisotopic (exact) mass is 442 g/mol. The molecule has 0 atom stereocenters. The third kappa shape index (κ3) is 5.98. The minimum atomic E-state index is -4.41. The van der Waals surface area contributed by atoms with E-state index in [4.69, 9.17) is 16.3 Å². The van der Waals surface area contributed by atoms with E-state index in [-0.39, 0.29) is 11.6 Å². The standard InChI is InChI=1S/C17H12ClF3N4OS.C2H6/c1-27-25-15-13(18)8-10(9-24-15)14-16(23-7-6-22-14)26-12-4-2-11(3-5-12)17(19,20)21;1-2/h2-9H,1H3,(H,24,25);1-2H3. The van der Waals surface area contributed by atoms with Crippen LogP contribution in [0.25, 0.3) is 11.3 Å². The first-order chi connectivity index (χ1) is 13.9. The van der Waals surface area contributed by atoms with Crippen molar-refractivity contribution in [2.24, 2.45) is 0 Å². The van der Waals surface area contributed by atoms with Gasteiger partial charge in [0.2, 0.25) is 5.88 Å². The molecule has 0 saturated heterocycles. The molecule has 0 saturated carbocycles. The fraction of sp³-hybridized carbons (Fsp3) is 0.211. The number of nitrogens with zero attached hydrogens (tertiary/aromatic N) is 3. The van der Waals surface area contributed by atoms with E-state index in [1.54, 1.807) is 12.3 Å². The number of nitrogens with one attached hydrogen (secondary N) is 1. The van der Waals surface area contributed by atoms with Crippen LogP contribution in [0.5, 0.6) is 11.6 Å². The molecule has 0 bridgehead atoms. The van der Waals surface area contributed by atoms with Gasteiger partial charge in [0.1, 0.15) is 11.4 Å². The average molecular weight is 443 g/mol. The van der Waals surface area contributed by atoms with Gasteiger partial charge in [0, 0.05) is 30.4 Å². The van der Waals surface area contributed by atoms with E-state index < -0.39 is 11.7 Å². The van der Waals surface area contributed by atoms with E-state index in [1.807, 2.05) is 20.1 Å². The summed E-state index contributed by atoms with van der Waals surface area (Å²) in [6.45, 7) is 4.00. The van der Waals surface area contributed by atoms with E-state index in [1.165, 1.54) is 36.5 Å². The molecule has 0 aliphatic rings. The van der Waals surface area contributed by atoms with Gasteiger partial charge >= 0.3 is 6.18 Å². The van der Waals surface area contributed by atoms with Crippen molar-refractivity contribution in [3.63, 3.8) is 0 Å². The highest BCUT2D eigenvalue weighted by Crippen LogP contribution is 2.34. The number of benzene rings is 1. The maximum Gasteiger partial charge on any atom is 0.416 e. The minimum Gasteiger partial charge on any atom is -0.437 e. The predicted octanol–water partition coefficient (Wildman–Crippen LogP) is 6.72. The van der Waals surface area contributed by atoms with Crippen LogP contribution in [0.1, 0.15) is 19.4 Å². The van der Waals surface area contributed by atoms with Crippen LogP contribution >= 0.6 is 23.5 Å². The summed E-state index contributed by atoms with van der Waals surface area (Å²) >= 11 is 7.55. The summed E-state index contributed by atoms with van der Waals surface area (Å²) in [5.41, 5.74) is 0.159. The largest absolute Gasteiger partial charge is 0.437 e. The molecule has 1 aromatic carbocycles. The molecule has 29 heavy (non-hydrogen) atoms. The van der Waals surface area contributed by atoms with Gasteiger partial charge in [-0.05, 0) is 30.3 Å². The highest BCUT2D eigenvalue weighted by Gasteiger charge is 2.30. The van der Waals surface area contributed by atoms with E-state index >= 15 is 0 Å². The van der Waals surface area contributed by atoms with Gasteiger partial charge in [0.05, 0.1) is 10.6 Å². The van der Waals surface area contributed by atoms with Crippen molar-refractivity contribution in [3.05, 3.63) is 59.5 Å². The Morgan fingerprint density at radius 1 is 1.03 bits per heavy atom. The molecule has 3 aromatic rings. The van der Waals surface area contributed by atoms with Crippen LogP contribution in [-0.2, 0) is 6.18 Å². The Bertz CT molecular complexity index is 939.